The first-order valence-corrected chi connectivity index (χ1v) is 7.14. The molecule has 1 aliphatic rings. The Balaban J connectivity index is 1.88. The second-order valence-electron chi connectivity index (χ2n) is 5.07. The molecule has 0 amide bonds. The fraction of sp³-hybridized carbons (Fsp3) is 0.278. The van der Waals surface area contributed by atoms with Crippen molar-refractivity contribution in [2.24, 2.45) is 0 Å². The van der Waals surface area contributed by atoms with Gasteiger partial charge in [-0.2, -0.15) is 0 Å². The lowest BCUT2D eigenvalue weighted by Gasteiger charge is -2.22. The number of rotatable bonds is 2. The van der Waals surface area contributed by atoms with E-state index in [1.165, 1.54) is 18.4 Å². The van der Waals surface area contributed by atoms with E-state index in [0.29, 0.717) is 0 Å². The van der Waals surface area contributed by atoms with Crippen molar-refractivity contribution in [1.29, 1.82) is 0 Å². The highest BCUT2D eigenvalue weighted by atomic mass is 15.2. The third kappa shape index (κ3) is 3.07. The van der Waals surface area contributed by atoms with Gasteiger partial charge in [0.2, 0.25) is 0 Å². The van der Waals surface area contributed by atoms with E-state index in [1.54, 1.807) is 0 Å². The minimum Gasteiger partial charge on any atom is -0.286 e. The Morgan fingerprint density at radius 1 is 1.00 bits per heavy atom. The van der Waals surface area contributed by atoms with Crippen LogP contribution in [0.1, 0.15) is 30.0 Å². The van der Waals surface area contributed by atoms with Crippen LogP contribution in [0.4, 0.5) is 0 Å². The number of hydrogen-bond donors (Lipinski definition) is 0. The molecule has 2 nitrogen and oxygen atoms in total. The van der Waals surface area contributed by atoms with Crippen LogP contribution in [0.3, 0.4) is 0 Å². The Bertz CT molecular complexity index is 590. The minimum absolute atomic E-state index is 0.159. The molecule has 1 fully saturated rings. The van der Waals surface area contributed by atoms with E-state index in [2.05, 4.69) is 39.9 Å². The SMILES string of the molecule is C(#CC(c1cccnc1)N1CCCC1)c1ccccc1. The molecule has 0 radical (unpaired) electrons. The summed E-state index contributed by atoms with van der Waals surface area (Å²) in [6.45, 7) is 2.26. The molecule has 2 heteroatoms. The summed E-state index contributed by atoms with van der Waals surface area (Å²) in [5.41, 5.74) is 2.26. The van der Waals surface area contributed by atoms with E-state index in [-0.39, 0.29) is 6.04 Å². The van der Waals surface area contributed by atoms with Crippen molar-refractivity contribution in [3.8, 4) is 11.8 Å². The van der Waals surface area contributed by atoms with E-state index >= 15 is 0 Å². The first kappa shape index (κ1) is 12.9. The van der Waals surface area contributed by atoms with Gasteiger partial charge in [-0.3, -0.25) is 9.88 Å². The van der Waals surface area contributed by atoms with Gasteiger partial charge in [0, 0.05) is 18.0 Å². The summed E-state index contributed by atoms with van der Waals surface area (Å²) in [5.74, 6) is 6.73. The van der Waals surface area contributed by atoms with Crippen molar-refractivity contribution < 1.29 is 0 Å². The van der Waals surface area contributed by atoms with Crippen LogP contribution >= 0.6 is 0 Å². The van der Waals surface area contributed by atoms with Gasteiger partial charge in [-0.25, -0.2) is 0 Å². The molecule has 0 aliphatic carbocycles. The van der Waals surface area contributed by atoms with Gasteiger partial charge >= 0.3 is 0 Å². The normalized spacial score (nSPS) is 16.4. The van der Waals surface area contributed by atoms with Crippen LogP contribution in [0.5, 0.6) is 0 Å². The molecule has 0 bridgehead atoms. The minimum atomic E-state index is 0.159. The van der Waals surface area contributed by atoms with Crippen molar-refractivity contribution in [3.05, 3.63) is 66.0 Å². The van der Waals surface area contributed by atoms with Gasteiger partial charge in [0.05, 0.1) is 6.04 Å². The molecular formula is C18H18N2. The molecule has 2 heterocycles. The Labute approximate surface area is 120 Å². The van der Waals surface area contributed by atoms with Gasteiger partial charge in [0.15, 0.2) is 0 Å². The maximum atomic E-state index is 4.24. The summed E-state index contributed by atoms with van der Waals surface area (Å²) in [7, 11) is 0. The highest BCUT2D eigenvalue weighted by molar-refractivity contribution is 5.37. The highest BCUT2D eigenvalue weighted by Crippen LogP contribution is 2.23. The summed E-state index contributed by atoms with van der Waals surface area (Å²) in [5, 5.41) is 0. The van der Waals surface area contributed by atoms with E-state index in [1.807, 2.05) is 36.7 Å². The quantitative estimate of drug-likeness (QED) is 0.772. The Hall–Kier alpha value is -2.11. The topological polar surface area (TPSA) is 16.1 Å². The average Bonchev–Trinajstić information content (AvgIpc) is 3.04. The molecule has 1 aromatic heterocycles. The van der Waals surface area contributed by atoms with Gasteiger partial charge in [-0.15, -0.1) is 0 Å². The van der Waals surface area contributed by atoms with Crippen molar-refractivity contribution in [1.82, 2.24) is 9.88 Å². The Kier molecular flexibility index (Phi) is 4.10. The lowest BCUT2D eigenvalue weighted by Crippen LogP contribution is -2.24. The molecule has 0 N–H and O–H groups in total. The maximum Gasteiger partial charge on any atom is 0.0989 e. The largest absolute Gasteiger partial charge is 0.286 e. The molecule has 3 rings (SSSR count). The number of nitrogens with zero attached hydrogens (tertiary/aromatic N) is 2. The first-order chi connectivity index (χ1) is 9.93. The third-order valence-electron chi connectivity index (χ3n) is 3.63. The molecule has 1 aliphatic heterocycles. The number of likely N-dealkylation sites (tertiary alicyclic amines) is 1. The first-order valence-electron chi connectivity index (χ1n) is 7.14. The van der Waals surface area contributed by atoms with Crippen LogP contribution in [0.2, 0.25) is 0 Å². The smallest absolute Gasteiger partial charge is 0.0989 e. The maximum absolute atomic E-state index is 4.24. The lowest BCUT2D eigenvalue weighted by molar-refractivity contribution is 0.296. The van der Waals surface area contributed by atoms with Gasteiger partial charge in [-0.1, -0.05) is 36.1 Å². The third-order valence-corrected chi connectivity index (χ3v) is 3.63. The molecule has 20 heavy (non-hydrogen) atoms. The summed E-state index contributed by atoms with van der Waals surface area (Å²) >= 11 is 0. The predicted octanol–water partition coefficient (Wildman–Crippen LogP) is 3.27. The van der Waals surface area contributed by atoms with E-state index < -0.39 is 0 Å². The van der Waals surface area contributed by atoms with Crippen LogP contribution in [0, 0.1) is 11.8 Å². The monoisotopic (exact) mass is 262 g/mol. The van der Waals surface area contributed by atoms with Crippen LogP contribution in [-0.4, -0.2) is 23.0 Å². The molecule has 100 valence electrons. The molecule has 1 atom stereocenters. The van der Waals surface area contributed by atoms with Crippen molar-refractivity contribution >= 4 is 0 Å². The van der Waals surface area contributed by atoms with Gasteiger partial charge in [0.1, 0.15) is 0 Å². The average molecular weight is 262 g/mol. The fourth-order valence-corrected chi connectivity index (χ4v) is 2.60. The van der Waals surface area contributed by atoms with Crippen molar-refractivity contribution in [2.75, 3.05) is 13.1 Å². The molecule has 1 saturated heterocycles. The van der Waals surface area contributed by atoms with Crippen molar-refractivity contribution in [3.63, 3.8) is 0 Å². The Morgan fingerprint density at radius 3 is 2.50 bits per heavy atom. The Morgan fingerprint density at radius 2 is 1.80 bits per heavy atom. The zero-order chi connectivity index (χ0) is 13.6. The highest BCUT2D eigenvalue weighted by Gasteiger charge is 2.21. The second kappa shape index (κ2) is 6.36. The fourth-order valence-electron chi connectivity index (χ4n) is 2.60. The molecule has 1 unspecified atom stereocenters. The standard InChI is InChI=1S/C18H18N2/c1-2-7-16(8-3-1)10-11-18(20-13-4-5-14-20)17-9-6-12-19-15-17/h1-3,6-9,12,15,18H,4-5,13-14H2. The van der Waals surface area contributed by atoms with Crippen LogP contribution in [0.25, 0.3) is 0 Å². The van der Waals surface area contributed by atoms with Crippen LogP contribution in [0.15, 0.2) is 54.9 Å². The van der Waals surface area contributed by atoms with E-state index in [0.717, 1.165) is 18.7 Å². The second-order valence-corrected chi connectivity index (χ2v) is 5.07. The predicted molar refractivity (Wildman–Crippen MR) is 81.1 cm³/mol. The number of hydrogen-bond acceptors (Lipinski definition) is 2. The van der Waals surface area contributed by atoms with Gasteiger partial charge < -0.3 is 0 Å². The number of aromatic nitrogens is 1. The van der Waals surface area contributed by atoms with E-state index in [9.17, 15) is 0 Å². The molecular weight excluding hydrogens is 244 g/mol. The summed E-state index contributed by atoms with van der Waals surface area (Å²) in [6.07, 6.45) is 6.28. The van der Waals surface area contributed by atoms with Crippen molar-refractivity contribution in [2.45, 2.75) is 18.9 Å². The summed E-state index contributed by atoms with van der Waals surface area (Å²) < 4.78 is 0. The number of pyridine rings is 1. The molecule has 0 spiro atoms. The lowest BCUT2D eigenvalue weighted by atomic mass is 10.1. The zero-order valence-electron chi connectivity index (χ0n) is 11.5. The van der Waals surface area contributed by atoms with E-state index in [4.69, 9.17) is 0 Å². The summed E-state index contributed by atoms with van der Waals surface area (Å²) in [6, 6.07) is 14.4. The van der Waals surface area contributed by atoms with Crippen LogP contribution in [-0.2, 0) is 0 Å². The molecule has 2 aromatic rings. The van der Waals surface area contributed by atoms with Gasteiger partial charge in [-0.05, 0) is 49.7 Å². The molecule has 1 aromatic carbocycles. The van der Waals surface area contributed by atoms with Gasteiger partial charge in [0.25, 0.3) is 0 Å². The number of benzene rings is 1. The summed E-state index contributed by atoms with van der Waals surface area (Å²) in [4.78, 5) is 6.69. The molecule has 0 saturated carbocycles. The van der Waals surface area contributed by atoms with Crippen LogP contribution < -0.4 is 0 Å². The zero-order valence-corrected chi connectivity index (χ0v) is 11.5.